The highest BCUT2D eigenvalue weighted by molar-refractivity contribution is 5.71. The van der Waals surface area contributed by atoms with Crippen molar-refractivity contribution in [3.8, 4) is 5.88 Å². The minimum Gasteiger partial charge on any atom is -0.481 e. The smallest absolute Gasteiger partial charge is 0.215 e. The standard InChI is InChI=1S/C14H21N3O/c1-4-6-10(7-5-2)13-15-11-8-9-12(18-3)16-14(11)17-13/h8-10H,4-7H2,1-3H3,(H,15,16,17). The number of imidazole rings is 1. The Balaban J connectivity index is 2.32. The lowest BCUT2D eigenvalue weighted by Crippen LogP contribution is -2.00. The monoisotopic (exact) mass is 247 g/mol. The summed E-state index contributed by atoms with van der Waals surface area (Å²) in [5.74, 6) is 2.19. The first-order chi connectivity index (χ1) is 8.78. The number of aromatic amines is 1. The fraction of sp³-hybridized carbons (Fsp3) is 0.571. The van der Waals surface area contributed by atoms with Crippen LogP contribution in [0.5, 0.6) is 5.88 Å². The summed E-state index contributed by atoms with van der Waals surface area (Å²) >= 11 is 0. The molecule has 0 radical (unpaired) electrons. The van der Waals surface area contributed by atoms with E-state index in [9.17, 15) is 0 Å². The van der Waals surface area contributed by atoms with Gasteiger partial charge >= 0.3 is 0 Å². The molecule has 0 aliphatic heterocycles. The predicted octanol–water partition coefficient (Wildman–Crippen LogP) is 3.65. The van der Waals surface area contributed by atoms with Crippen molar-refractivity contribution >= 4 is 11.2 Å². The quantitative estimate of drug-likeness (QED) is 0.847. The molecule has 0 unspecified atom stereocenters. The Morgan fingerprint density at radius 2 is 1.89 bits per heavy atom. The normalized spacial score (nSPS) is 11.3. The average molecular weight is 247 g/mol. The number of rotatable bonds is 6. The number of methoxy groups -OCH3 is 1. The second-order valence-corrected chi connectivity index (χ2v) is 4.62. The first-order valence-corrected chi connectivity index (χ1v) is 6.69. The number of hydrogen-bond acceptors (Lipinski definition) is 3. The molecule has 18 heavy (non-hydrogen) atoms. The zero-order chi connectivity index (χ0) is 13.0. The van der Waals surface area contributed by atoms with Gasteiger partial charge in [-0.1, -0.05) is 26.7 Å². The Hall–Kier alpha value is -1.58. The Morgan fingerprint density at radius 3 is 2.50 bits per heavy atom. The van der Waals surface area contributed by atoms with Gasteiger partial charge in [-0.25, -0.2) is 4.98 Å². The Bertz CT molecular complexity index is 501. The molecule has 2 rings (SSSR count). The van der Waals surface area contributed by atoms with E-state index >= 15 is 0 Å². The van der Waals surface area contributed by atoms with Crippen LogP contribution in [0.15, 0.2) is 12.1 Å². The van der Waals surface area contributed by atoms with Crippen LogP contribution < -0.4 is 4.74 Å². The third kappa shape index (κ3) is 2.63. The number of ether oxygens (including phenoxy) is 1. The van der Waals surface area contributed by atoms with Gasteiger partial charge < -0.3 is 9.72 Å². The molecule has 0 saturated heterocycles. The molecule has 2 heterocycles. The first kappa shape index (κ1) is 12.9. The van der Waals surface area contributed by atoms with E-state index in [1.807, 2.05) is 12.1 Å². The summed E-state index contributed by atoms with van der Waals surface area (Å²) in [6.45, 7) is 4.43. The Labute approximate surface area is 108 Å². The van der Waals surface area contributed by atoms with E-state index in [0.717, 1.165) is 17.0 Å². The summed E-state index contributed by atoms with van der Waals surface area (Å²) in [4.78, 5) is 12.4. The summed E-state index contributed by atoms with van der Waals surface area (Å²) in [5.41, 5.74) is 1.74. The molecule has 0 atom stereocenters. The van der Waals surface area contributed by atoms with Crippen molar-refractivity contribution in [2.75, 3.05) is 7.11 Å². The lowest BCUT2D eigenvalue weighted by Gasteiger charge is -2.11. The third-order valence-electron chi connectivity index (χ3n) is 3.21. The van der Waals surface area contributed by atoms with Crippen LogP contribution in [-0.4, -0.2) is 22.1 Å². The minimum absolute atomic E-state index is 0.514. The lowest BCUT2D eigenvalue weighted by molar-refractivity contribution is 0.399. The Morgan fingerprint density at radius 1 is 1.17 bits per heavy atom. The van der Waals surface area contributed by atoms with E-state index in [0.29, 0.717) is 11.8 Å². The molecular formula is C14H21N3O. The van der Waals surface area contributed by atoms with Crippen LogP contribution in [0.4, 0.5) is 0 Å². The molecule has 4 nitrogen and oxygen atoms in total. The number of hydrogen-bond donors (Lipinski definition) is 1. The molecule has 98 valence electrons. The molecule has 0 aliphatic rings. The highest BCUT2D eigenvalue weighted by Gasteiger charge is 2.15. The van der Waals surface area contributed by atoms with Crippen LogP contribution in [0.3, 0.4) is 0 Å². The van der Waals surface area contributed by atoms with E-state index in [-0.39, 0.29) is 0 Å². The number of pyridine rings is 1. The van der Waals surface area contributed by atoms with Crippen LogP contribution in [0.1, 0.15) is 51.3 Å². The maximum absolute atomic E-state index is 5.12. The zero-order valence-corrected chi connectivity index (χ0v) is 11.4. The van der Waals surface area contributed by atoms with Gasteiger partial charge in [0.25, 0.3) is 0 Å². The highest BCUT2D eigenvalue weighted by atomic mass is 16.5. The topological polar surface area (TPSA) is 50.8 Å². The molecule has 4 heteroatoms. The van der Waals surface area contributed by atoms with Crippen LogP contribution >= 0.6 is 0 Å². The number of aromatic nitrogens is 3. The van der Waals surface area contributed by atoms with Gasteiger partial charge in [0.15, 0.2) is 5.65 Å². The molecule has 1 N–H and O–H groups in total. The summed E-state index contributed by atoms with van der Waals surface area (Å²) in [5, 5.41) is 0. The van der Waals surface area contributed by atoms with E-state index < -0.39 is 0 Å². The van der Waals surface area contributed by atoms with Gasteiger partial charge in [0.1, 0.15) is 5.82 Å². The van der Waals surface area contributed by atoms with Gasteiger partial charge in [-0.2, -0.15) is 4.98 Å². The molecule has 2 aromatic heterocycles. The zero-order valence-electron chi connectivity index (χ0n) is 11.4. The van der Waals surface area contributed by atoms with E-state index in [2.05, 4.69) is 28.8 Å². The minimum atomic E-state index is 0.514. The third-order valence-corrected chi connectivity index (χ3v) is 3.21. The molecule has 0 fully saturated rings. The van der Waals surface area contributed by atoms with Crippen molar-refractivity contribution in [2.45, 2.75) is 45.4 Å². The van der Waals surface area contributed by atoms with Crippen LogP contribution in [0, 0.1) is 0 Å². The predicted molar refractivity (Wildman–Crippen MR) is 73.0 cm³/mol. The average Bonchev–Trinajstić information content (AvgIpc) is 2.81. The van der Waals surface area contributed by atoms with Gasteiger partial charge in [0.05, 0.1) is 12.6 Å². The molecule has 2 aromatic rings. The van der Waals surface area contributed by atoms with Crippen LogP contribution in [0.25, 0.3) is 11.2 Å². The second-order valence-electron chi connectivity index (χ2n) is 4.62. The van der Waals surface area contributed by atoms with E-state index in [1.54, 1.807) is 7.11 Å². The second kappa shape index (κ2) is 5.85. The van der Waals surface area contributed by atoms with Gasteiger partial charge in [0, 0.05) is 12.0 Å². The van der Waals surface area contributed by atoms with E-state index in [4.69, 9.17) is 4.74 Å². The number of nitrogens with one attached hydrogen (secondary N) is 1. The van der Waals surface area contributed by atoms with Crippen LogP contribution in [-0.2, 0) is 0 Å². The Kier molecular flexibility index (Phi) is 4.18. The van der Waals surface area contributed by atoms with Crippen molar-refractivity contribution in [3.63, 3.8) is 0 Å². The first-order valence-electron chi connectivity index (χ1n) is 6.69. The molecule has 0 saturated carbocycles. The van der Waals surface area contributed by atoms with Crippen molar-refractivity contribution in [1.82, 2.24) is 15.0 Å². The maximum Gasteiger partial charge on any atom is 0.215 e. The summed E-state index contributed by atoms with van der Waals surface area (Å²) in [6.07, 6.45) is 4.70. The number of fused-ring (bicyclic) bond motifs is 1. The van der Waals surface area contributed by atoms with Crippen molar-refractivity contribution < 1.29 is 4.74 Å². The number of H-pyrrole nitrogens is 1. The SMILES string of the molecule is CCCC(CCC)c1nc2nc(OC)ccc2[nH]1. The summed E-state index contributed by atoms with van der Waals surface area (Å²) < 4.78 is 5.12. The molecular weight excluding hydrogens is 226 g/mol. The van der Waals surface area contributed by atoms with Crippen molar-refractivity contribution in [1.29, 1.82) is 0 Å². The lowest BCUT2D eigenvalue weighted by atomic mass is 9.98. The van der Waals surface area contributed by atoms with Crippen LogP contribution in [0.2, 0.25) is 0 Å². The molecule has 0 spiro atoms. The fourth-order valence-electron chi connectivity index (χ4n) is 2.32. The number of nitrogens with zero attached hydrogens (tertiary/aromatic N) is 2. The highest BCUT2D eigenvalue weighted by Crippen LogP contribution is 2.26. The fourth-order valence-corrected chi connectivity index (χ4v) is 2.32. The van der Waals surface area contributed by atoms with Crippen molar-refractivity contribution in [3.05, 3.63) is 18.0 Å². The van der Waals surface area contributed by atoms with E-state index in [1.165, 1.54) is 25.7 Å². The van der Waals surface area contributed by atoms with Gasteiger partial charge in [-0.3, -0.25) is 0 Å². The largest absolute Gasteiger partial charge is 0.481 e. The molecule has 0 amide bonds. The summed E-state index contributed by atoms with van der Waals surface area (Å²) in [6, 6.07) is 3.84. The molecule has 0 aromatic carbocycles. The molecule has 0 aliphatic carbocycles. The maximum atomic E-state index is 5.12. The van der Waals surface area contributed by atoms with Gasteiger partial charge in [-0.15, -0.1) is 0 Å². The summed E-state index contributed by atoms with van der Waals surface area (Å²) in [7, 11) is 1.62. The van der Waals surface area contributed by atoms with Gasteiger partial charge in [0.2, 0.25) is 5.88 Å². The van der Waals surface area contributed by atoms with Crippen molar-refractivity contribution in [2.24, 2.45) is 0 Å². The van der Waals surface area contributed by atoms with Gasteiger partial charge in [-0.05, 0) is 18.9 Å². The molecule has 0 bridgehead atoms.